The molecule has 2 saturated carbocycles. The molecule has 4 nitrogen and oxygen atoms in total. The molecule has 0 unspecified atom stereocenters. The summed E-state index contributed by atoms with van der Waals surface area (Å²) < 4.78 is 10.7. The van der Waals surface area contributed by atoms with Crippen molar-refractivity contribution in [1.82, 2.24) is 0 Å². The van der Waals surface area contributed by atoms with Gasteiger partial charge in [-0.05, 0) is 25.0 Å². The second kappa shape index (κ2) is 27.3. The van der Waals surface area contributed by atoms with Crippen molar-refractivity contribution in [2.24, 2.45) is 0 Å². The molecule has 0 saturated heterocycles. The second-order valence-corrected chi connectivity index (χ2v) is 11.6. The minimum absolute atomic E-state index is 0.293. The Morgan fingerprint density at radius 1 is 0.475 bits per heavy atom. The van der Waals surface area contributed by atoms with Crippen LogP contribution in [0, 0.1) is 0 Å². The Kier molecular flexibility index (Phi) is 24.7. The Balaban J connectivity index is 0.000000537. The van der Waals surface area contributed by atoms with Crippen molar-refractivity contribution in [2.45, 2.75) is 168 Å². The van der Waals surface area contributed by atoms with Crippen molar-refractivity contribution in [3.05, 3.63) is 35.4 Å². The fourth-order valence-corrected chi connectivity index (χ4v) is 5.21. The Hall–Kier alpha value is -1.84. The number of carbonyl (C=O) groups excluding carboxylic acids is 2. The number of carbonyl (C=O) groups is 2. The van der Waals surface area contributed by atoms with Crippen LogP contribution in [0.3, 0.4) is 0 Å². The molecule has 2 aliphatic carbocycles. The fraction of sp³-hybridized carbons (Fsp3) is 0.778. The van der Waals surface area contributed by atoms with E-state index in [9.17, 15) is 9.59 Å². The lowest BCUT2D eigenvalue weighted by Crippen LogP contribution is -2.15. The average molecular weight is 559 g/mol. The minimum Gasteiger partial charge on any atom is -0.462 e. The first kappa shape index (κ1) is 36.2. The summed E-state index contributed by atoms with van der Waals surface area (Å²) in [6.07, 6.45) is 31.6. The van der Waals surface area contributed by atoms with Crippen LogP contribution < -0.4 is 0 Å². The topological polar surface area (TPSA) is 52.6 Å². The van der Waals surface area contributed by atoms with Gasteiger partial charge < -0.3 is 9.47 Å². The van der Waals surface area contributed by atoms with Crippen LogP contribution in [0.1, 0.15) is 189 Å². The summed E-state index contributed by atoms with van der Waals surface area (Å²) in [7, 11) is 0. The van der Waals surface area contributed by atoms with Crippen molar-refractivity contribution in [3.8, 4) is 0 Å². The smallest absolute Gasteiger partial charge is 0.339 e. The highest BCUT2D eigenvalue weighted by Gasteiger charge is 2.18. The van der Waals surface area contributed by atoms with Crippen LogP contribution in [0.5, 0.6) is 0 Å². The number of ether oxygens (including phenoxy) is 2. The lowest BCUT2D eigenvalue weighted by Gasteiger charge is -2.10. The fourth-order valence-electron chi connectivity index (χ4n) is 5.21. The van der Waals surface area contributed by atoms with E-state index in [4.69, 9.17) is 9.47 Å². The summed E-state index contributed by atoms with van der Waals surface area (Å²) in [6, 6.07) is 6.74. The van der Waals surface area contributed by atoms with Gasteiger partial charge in [-0.25, -0.2) is 9.59 Å². The Bertz CT molecular complexity index is 637. The number of unbranched alkanes of at least 4 members (excludes halogenated alkanes) is 10. The highest BCUT2D eigenvalue weighted by Crippen LogP contribution is 2.16. The van der Waals surface area contributed by atoms with Crippen LogP contribution in [0.15, 0.2) is 24.3 Å². The molecule has 2 aliphatic rings. The number of hydrogen-bond donors (Lipinski definition) is 0. The van der Waals surface area contributed by atoms with Crippen molar-refractivity contribution in [2.75, 3.05) is 13.2 Å². The molecular weight excluding hydrogens is 496 g/mol. The molecule has 0 aromatic heterocycles. The molecule has 0 heterocycles. The van der Waals surface area contributed by atoms with Gasteiger partial charge >= 0.3 is 11.9 Å². The summed E-state index contributed by atoms with van der Waals surface area (Å²) in [6.45, 7) is 5.17. The zero-order chi connectivity index (χ0) is 28.9. The van der Waals surface area contributed by atoms with Gasteiger partial charge in [-0.3, -0.25) is 0 Å². The summed E-state index contributed by atoms with van der Waals surface area (Å²) in [5, 5.41) is 0. The number of rotatable bonds is 16. The summed E-state index contributed by atoms with van der Waals surface area (Å²) >= 11 is 0. The maximum absolute atomic E-state index is 12.4. The van der Waals surface area contributed by atoms with Crippen LogP contribution in [0.4, 0.5) is 0 Å². The largest absolute Gasteiger partial charge is 0.462 e. The van der Waals surface area contributed by atoms with Crippen molar-refractivity contribution in [3.63, 3.8) is 0 Å². The van der Waals surface area contributed by atoms with Gasteiger partial charge in [-0.15, -0.1) is 0 Å². The molecule has 0 amide bonds. The molecule has 1 aromatic carbocycles. The van der Waals surface area contributed by atoms with Gasteiger partial charge in [-0.1, -0.05) is 167 Å². The quantitative estimate of drug-likeness (QED) is 0.149. The highest BCUT2D eigenvalue weighted by atomic mass is 16.5. The first-order chi connectivity index (χ1) is 19.7. The van der Waals surface area contributed by atoms with E-state index in [0.29, 0.717) is 24.3 Å². The van der Waals surface area contributed by atoms with Crippen molar-refractivity contribution < 1.29 is 19.1 Å². The summed E-state index contributed by atoms with van der Waals surface area (Å²) in [4.78, 5) is 24.7. The molecule has 2 fully saturated rings. The molecule has 0 spiro atoms. The molecule has 3 rings (SSSR count). The van der Waals surface area contributed by atoms with Crippen molar-refractivity contribution in [1.29, 1.82) is 0 Å². The molecular formula is C36H62O4. The minimum atomic E-state index is -0.444. The third-order valence-electron chi connectivity index (χ3n) is 7.83. The van der Waals surface area contributed by atoms with E-state index in [2.05, 4.69) is 13.8 Å². The van der Waals surface area contributed by atoms with Gasteiger partial charge in [0.05, 0.1) is 24.3 Å². The van der Waals surface area contributed by atoms with Crippen LogP contribution in [-0.4, -0.2) is 25.2 Å². The van der Waals surface area contributed by atoms with Gasteiger partial charge in [0.1, 0.15) is 0 Å². The number of hydrogen-bond acceptors (Lipinski definition) is 4. The number of benzene rings is 1. The van der Waals surface area contributed by atoms with Crippen LogP contribution in [-0.2, 0) is 9.47 Å². The van der Waals surface area contributed by atoms with E-state index in [1.54, 1.807) is 24.3 Å². The molecule has 4 heteroatoms. The predicted molar refractivity (Wildman–Crippen MR) is 169 cm³/mol. The third-order valence-corrected chi connectivity index (χ3v) is 7.83. The molecule has 40 heavy (non-hydrogen) atoms. The molecule has 0 atom stereocenters. The SMILES string of the molecule is C1CCCCC1.C1CCCCC1.CCCCCCCCOC(=O)c1ccccc1C(=O)OCCCCCCCC. The molecule has 0 aliphatic heterocycles. The monoisotopic (exact) mass is 558 g/mol. The first-order valence-corrected chi connectivity index (χ1v) is 17.1. The Morgan fingerprint density at radius 3 is 1.05 bits per heavy atom. The normalized spacial score (nSPS) is 14.7. The lowest BCUT2D eigenvalue weighted by atomic mass is 10.0. The number of esters is 2. The van der Waals surface area contributed by atoms with E-state index in [1.807, 2.05) is 0 Å². The second-order valence-electron chi connectivity index (χ2n) is 11.6. The van der Waals surface area contributed by atoms with Crippen LogP contribution >= 0.6 is 0 Å². The lowest BCUT2D eigenvalue weighted by molar-refractivity contribution is 0.0450. The van der Waals surface area contributed by atoms with E-state index in [-0.39, 0.29) is 0 Å². The molecule has 1 aromatic rings. The van der Waals surface area contributed by atoms with E-state index in [0.717, 1.165) is 25.7 Å². The van der Waals surface area contributed by atoms with Gasteiger partial charge in [0.15, 0.2) is 0 Å². The standard InChI is InChI=1S/C24H38O4.2C6H12/c1-3-5-7-9-11-15-19-27-23(25)21-17-13-14-18-22(21)24(26)28-20-16-12-10-8-6-4-2;2*1-2-4-6-5-3-1/h13-14,17-18H,3-12,15-16,19-20H2,1-2H3;2*1-6H2. The third kappa shape index (κ3) is 20.1. The molecule has 230 valence electrons. The van der Waals surface area contributed by atoms with Gasteiger partial charge in [0.25, 0.3) is 0 Å². The average Bonchev–Trinajstić information content (AvgIpc) is 3.02. The summed E-state index contributed by atoms with van der Waals surface area (Å²) in [5.41, 5.74) is 0.586. The Labute approximate surface area is 247 Å². The van der Waals surface area contributed by atoms with Gasteiger partial charge in [0, 0.05) is 0 Å². The molecule has 0 N–H and O–H groups in total. The summed E-state index contributed by atoms with van der Waals surface area (Å²) in [5.74, 6) is -0.888. The van der Waals surface area contributed by atoms with E-state index < -0.39 is 11.9 Å². The van der Waals surface area contributed by atoms with Gasteiger partial charge in [-0.2, -0.15) is 0 Å². The van der Waals surface area contributed by atoms with Crippen molar-refractivity contribution >= 4 is 11.9 Å². The van der Waals surface area contributed by atoms with E-state index >= 15 is 0 Å². The van der Waals surface area contributed by atoms with E-state index in [1.165, 1.54) is 128 Å². The van der Waals surface area contributed by atoms with Crippen LogP contribution in [0.2, 0.25) is 0 Å². The zero-order valence-electron chi connectivity index (χ0n) is 26.3. The first-order valence-electron chi connectivity index (χ1n) is 17.1. The zero-order valence-corrected chi connectivity index (χ0v) is 26.3. The van der Waals surface area contributed by atoms with Gasteiger partial charge in [0.2, 0.25) is 0 Å². The maximum Gasteiger partial charge on any atom is 0.339 e. The Morgan fingerprint density at radius 2 is 0.750 bits per heavy atom. The van der Waals surface area contributed by atoms with Crippen LogP contribution in [0.25, 0.3) is 0 Å². The highest BCUT2D eigenvalue weighted by molar-refractivity contribution is 6.03. The molecule has 0 radical (unpaired) electrons. The maximum atomic E-state index is 12.4. The molecule has 0 bridgehead atoms. The predicted octanol–water partition coefficient (Wildman–Crippen LogP) is 11.4.